The quantitative estimate of drug-likeness (QED) is 0.708. The zero-order chi connectivity index (χ0) is 18.7. The highest BCUT2D eigenvalue weighted by molar-refractivity contribution is 5.81. The predicted octanol–water partition coefficient (Wildman–Crippen LogP) is 3.37. The molecular formula is C20H27N5O. The van der Waals surface area contributed by atoms with E-state index in [1.165, 1.54) is 22.9 Å². The lowest BCUT2D eigenvalue weighted by molar-refractivity contribution is -0.122. The lowest BCUT2D eigenvalue weighted by Crippen LogP contribution is -2.32. The molecule has 6 heteroatoms. The molecular weight excluding hydrogens is 326 g/mol. The first-order chi connectivity index (χ1) is 12.5. The number of aromatic nitrogens is 4. The average molecular weight is 353 g/mol. The summed E-state index contributed by atoms with van der Waals surface area (Å²) in [6.45, 7) is 7.03. The van der Waals surface area contributed by atoms with E-state index >= 15 is 0 Å². The number of para-hydroxylation sites is 1. The van der Waals surface area contributed by atoms with Gasteiger partial charge in [0.2, 0.25) is 5.91 Å². The number of carbonyl (C=O) groups excluding carboxylic acids is 1. The van der Waals surface area contributed by atoms with Gasteiger partial charge in [-0.2, -0.15) is 5.10 Å². The molecule has 2 heterocycles. The second kappa shape index (κ2) is 7.72. The first-order valence-corrected chi connectivity index (χ1v) is 9.14. The van der Waals surface area contributed by atoms with E-state index in [9.17, 15) is 4.79 Å². The van der Waals surface area contributed by atoms with Crippen LogP contribution in [-0.4, -0.2) is 25.2 Å². The van der Waals surface area contributed by atoms with Crippen LogP contribution < -0.4 is 5.32 Å². The molecule has 1 atom stereocenters. The molecule has 0 radical (unpaired) electrons. The van der Waals surface area contributed by atoms with Gasteiger partial charge in [0, 0.05) is 31.2 Å². The Morgan fingerprint density at radius 2 is 2.04 bits per heavy atom. The molecule has 1 amide bonds. The van der Waals surface area contributed by atoms with Crippen LogP contribution >= 0.6 is 0 Å². The fourth-order valence-electron chi connectivity index (χ4n) is 3.45. The van der Waals surface area contributed by atoms with Crippen molar-refractivity contribution < 1.29 is 4.79 Å². The monoisotopic (exact) mass is 353 g/mol. The molecule has 3 aromatic rings. The third-order valence-corrected chi connectivity index (χ3v) is 4.68. The van der Waals surface area contributed by atoms with E-state index < -0.39 is 0 Å². The third-order valence-electron chi connectivity index (χ3n) is 4.68. The van der Waals surface area contributed by atoms with Gasteiger partial charge < -0.3 is 9.88 Å². The highest BCUT2D eigenvalue weighted by Crippen LogP contribution is 2.21. The maximum absolute atomic E-state index is 12.6. The largest absolute Gasteiger partial charge is 0.346 e. The number of amides is 1. The van der Waals surface area contributed by atoms with E-state index in [1.807, 2.05) is 19.2 Å². The Balaban J connectivity index is 1.68. The Labute approximate surface area is 154 Å². The van der Waals surface area contributed by atoms with Crippen LogP contribution in [0.1, 0.15) is 44.2 Å². The van der Waals surface area contributed by atoms with E-state index in [2.05, 4.69) is 58.9 Å². The van der Waals surface area contributed by atoms with Crippen molar-refractivity contribution in [2.24, 2.45) is 13.0 Å². The predicted molar refractivity (Wildman–Crippen MR) is 103 cm³/mol. The summed E-state index contributed by atoms with van der Waals surface area (Å²) in [5, 5.41) is 8.49. The summed E-state index contributed by atoms with van der Waals surface area (Å²) in [5.41, 5.74) is 2.34. The second-order valence-corrected chi connectivity index (χ2v) is 7.24. The fourth-order valence-corrected chi connectivity index (χ4v) is 3.45. The van der Waals surface area contributed by atoms with Gasteiger partial charge in [-0.05, 0) is 36.8 Å². The molecule has 0 fully saturated rings. The number of aryl methyl sites for hydroxylation is 3. The molecule has 2 aromatic heterocycles. The first-order valence-electron chi connectivity index (χ1n) is 9.14. The van der Waals surface area contributed by atoms with Gasteiger partial charge in [-0.3, -0.25) is 9.48 Å². The maximum atomic E-state index is 12.6. The Hall–Kier alpha value is -2.63. The molecule has 0 aliphatic heterocycles. The van der Waals surface area contributed by atoms with Gasteiger partial charge in [-0.15, -0.1) is 0 Å². The summed E-state index contributed by atoms with van der Waals surface area (Å²) in [7, 11) is 1.86. The summed E-state index contributed by atoms with van der Waals surface area (Å²) in [5.74, 6) is 1.29. The molecule has 1 unspecified atom stereocenters. The second-order valence-electron chi connectivity index (χ2n) is 7.24. The number of nitrogens with one attached hydrogen (secondary N) is 1. The fraction of sp³-hybridized carbons (Fsp3) is 0.450. The van der Waals surface area contributed by atoms with E-state index in [0.29, 0.717) is 18.9 Å². The molecule has 0 saturated carbocycles. The van der Waals surface area contributed by atoms with Crippen LogP contribution in [0.4, 0.5) is 0 Å². The van der Waals surface area contributed by atoms with Crippen LogP contribution in [0.15, 0.2) is 36.7 Å². The minimum Gasteiger partial charge on any atom is -0.346 e. The third kappa shape index (κ3) is 3.95. The van der Waals surface area contributed by atoms with Crippen LogP contribution in [0.3, 0.4) is 0 Å². The van der Waals surface area contributed by atoms with Crippen molar-refractivity contribution >= 4 is 16.8 Å². The van der Waals surface area contributed by atoms with Crippen molar-refractivity contribution in [3.8, 4) is 0 Å². The molecule has 6 nitrogen and oxygen atoms in total. The van der Waals surface area contributed by atoms with Crippen LogP contribution in [-0.2, 0) is 18.4 Å². The number of fused-ring (bicyclic) bond motifs is 1. The van der Waals surface area contributed by atoms with Crippen LogP contribution in [0, 0.1) is 12.8 Å². The molecule has 0 aliphatic carbocycles. The Kier molecular flexibility index (Phi) is 5.40. The average Bonchev–Trinajstić information content (AvgIpc) is 3.14. The summed E-state index contributed by atoms with van der Waals surface area (Å²) in [6, 6.07) is 10.3. The first kappa shape index (κ1) is 18.2. The molecule has 1 N–H and O–H groups in total. The van der Waals surface area contributed by atoms with Crippen LogP contribution in [0.25, 0.3) is 10.9 Å². The zero-order valence-corrected chi connectivity index (χ0v) is 15.9. The van der Waals surface area contributed by atoms with Gasteiger partial charge in [0.25, 0.3) is 0 Å². The van der Waals surface area contributed by atoms with Crippen LogP contribution in [0.2, 0.25) is 0 Å². The van der Waals surface area contributed by atoms with Gasteiger partial charge in [-0.25, -0.2) is 4.98 Å². The zero-order valence-electron chi connectivity index (χ0n) is 15.9. The highest BCUT2D eigenvalue weighted by Gasteiger charge is 2.20. The number of nitrogens with zero attached hydrogens (tertiary/aromatic N) is 4. The van der Waals surface area contributed by atoms with Crippen molar-refractivity contribution in [1.29, 1.82) is 0 Å². The SMILES string of the molecule is Cc1cc2ccccc2n1CCC(=O)NC(CC(C)C)c1ncnn1C. The molecule has 138 valence electrons. The summed E-state index contributed by atoms with van der Waals surface area (Å²) in [6.07, 6.45) is 2.81. The standard InChI is InChI=1S/C20H27N5O/c1-14(2)11-17(20-21-13-22-24(20)4)23-19(26)9-10-25-15(3)12-16-7-5-6-8-18(16)25/h5-8,12-14,17H,9-11H2,1-4H3,(H,23,26). The number of hydrogen-bond donors (Lipinski definition) is 1. The summed E-state index contributed by atoms with van der Waals surface area (Å²) in [4.78, 5) is 16.9. The van der Waals surface area contributed by atoms with Crippen molar-refractivity contribution in [3.63, 3.8) is 0 Å². The van der Waals surface area contributed by atoms with E-state index in [1.54, 1.807) is 4.68 Å². The van der Waals surface area contributed by atoms with E-state index in [0.717, 1.165) is 12.2 Å². The molecule has 0 saturated heterocycles. The summed E-state index contributed by atoms with van der Waals surface area (Å²) >= 11 is 0. The van der Waals surface area contributed by atoms with Gasteiger partial charge in [-0.1, -0.05) is 32.0 Å². The molecule has 0 bridgehead atoms. The van der Waals surface area contributed by atoms with Gasteiger partial charge in [0.05, 0.1) is 6.04 Å². The Bertz CT molecular complexity index is 893. The molecule has 1 aromatic carbocycles. The van der Waals surface area contributed by atoms with Crippen molar-refractivity contribution in [3.05, 3.63) is 48.2 Å². The molecule has 0 spiro atoms. The number of hydrogen-bond acceptors (Lipinski definition) is 3. The van der Waals surface area contributed by atoms with E-state index in [-0.39, 0.29) is 11.9 Å². The minimum atomic E-state index is -0.113. The smallest absolute Gasteiger partial charge is 0.222 e. The van der Waals surface area contributed by atoms with Crippen LogP contribution in [0.5, 0.6) is 0 Å². The molecule has 26 heavy (non-hydrogen) atoms. The lowest BCUT2D eigenvalue weighted by atomic mass is 10.0. The number of carbonyl (C=O) groups is 1. The van der Waals surface area contributed by atoms with Gasteiger partial charge in [0.15, 0.2) is 0 Å². The molecule has 0 aliphatic rings. The highest BCUT2D eigenvalue weighted by atomic mass is 16.1. The Morgan fingerprint density at radius 1 is 1.27 bits per heavy atom. The van der Waals surface area contributed by atoms with Crippen molar-refractivity contribution in [2.75, 3.05) is 0 Å². The minimum absolute atomic E-state index is 0.0378. The van der Waals surface area contributed by atoms with Crippen molar-refractivity contribution in [1.82, 2.24) is 24.6 Å². The van der Waals surface area contributed by atoms with Gasteiger partial charge >= 0.3 is 0 Å². The lowest BCUT2D eigenvalue weighted by Gasteiger charge is -2.20. The molecule has 3 rings (SSSR count). The van der Waals surface area contributed by atoms with Gasteiger partial charge in [0.1, 0.15) is 12.2 Å². The Morgan fingerprint density at radius 3 is 2.73 bits per heavy atom. The number of rotatable bonds is 7. The maximum Gasteiger partial charge on any atom is 0.222 e. The number of benzene rings is 1. The van der Waals surface area contributed by atoms with Crippen molar-refractivity contribution in [2.45, 2.75) is 46.2 Å². The topological polar surface area (TPSA) is 64.7 Å². The van der Waals surface area contributed by atoms with E-state index in [4.69, 9.17) is 0 Å². The normalized spacial score (nSPS) is 12.7. The summed E-state index contributed by atoms with van der Waals surface area (Å²) < 4.78 is 3.94.